The molecule has 0 saturated heterocycles. The maximum atomic E-state index is 12.6. The molecule has 7 nitrogen and oxygen atoms in total. The molecular formula is C18H23BrN4O3. The molecular weight excluding hydrogens is 400 g/mol. The largest absolute Gasteiger partial charge is 0.448 e. The number of carbonyl (C=O) groups excluding carboxylic acids is 1. The van der Waals surface area contributed by atoms with Crippen LogP contribution in [0.15, 0.2) is 27.3 Å². The third kappa shape index (κ3) is 4.02. The van der Waals surface area contributed by atoms with Crippen LogP contribution in [0.1, 0.15) is 28.3 Å². The molecule has 0 radical (unpaired) electrons. The molecule has 3 aromatic heterocycles. The van der Waals surface area contributed by atoms with Crippen LogP contribution in [-0.4, -0.2) is 40.5 Å². The van der Waals surface area contributed by atoms with E-state index in [2.05, 4.69) is 32.4 Å². The molecule has 26 heavy (non-hydrogen) atoms. The van der Waals surface area contributed by atoms with Crippen molar-refractivity contribution in [1.29, 1.82) is 0 Å². The van der Waals surface area contributed by atoms with E-state index in [0.29, 0.717) is 35.6 Å². The Morgan fingerprint density at radius 1 is 1.31 bits per heavy atom. The number of nitrogens with zero attached hydrogens (tertiary/aromatic N) is 3. The van der Waals surface area contributed by atoms with Gasteiger partial charge in [-0.25, -0.2) is 0 Å². The summed E-state index contributed by atoms with van der Waals surface area (Å²) in [7, 11) is 1.64. The van der Waals surface area contributed by atoms with E-state index < -0.39 is 0 Å². The Kier molecular flexibility index (Phi) is 5.83. The maximum Gasteiger partial charge on any atom is 0.268 e. The van der Waals surface area contributed by atoms with Gasteiger partial charge in [-0.15, -0.1) is 0 Å². The van der Waals surface area contributed by atoms with E-state index in [4.69, 9.17) is 9.15 Å². The van der Waals surface area contributed by atoms with Gasteiger partial charge >= 0.3 is 0 Å². The average molecular weight is 423 g/mol. The molecule has 0 aromatic carbocycles. The van der Waals surface area contributed by atoms with Crippen LogP contribution in [0.2, 0.25) is 0 Å². The topological polar surface area (TPSA) is 74.2 Å². The summed E-state index contributed by atoms with van der Waals surface area (Å²) in [5.41, 5.74) is 4.28. The highest BCUT2D eigenvalue weighted by atomic mass is 79.9. The number of methoxy groups -OCH3 is 1. The number of amides is 1. The molecule has 0 aliphatic rings. The van der Waals surface area contributed by atoms with Gasteiger partial charge in [-0.1, -0.05) is 0 Å². The Morgan fingerprint density at radius 3 is 2.81 bits per heavy atom. The summed E-state index contributed by atoms with van der Waals surface area (Å²) in [6, 6.07) is 5.69. The average Bonchev–Trinajstić information content (AvgIpc) is 3.21. The van der Waals surface area contributed by atoms with Crippen molar-refractivity contribution in [3.63, 3.8) is 0 Å². The van der Waals surface area contributed by atoms with Gasteiger partial charge in [0.05, 0.1) is 17.8 Å². The summed E-state index contributed by atoms with van der Waals surface area (Å²) in [4.78, 5) is 12.6. The van der Waals surface area contributed by atoms with E-state index in [0.717, 1.165) is 29.9 Å². The van der Waals surface area contributed by atoms with E-state index in [1.54, 1.807) is 13.2 Å². The first-order valence-electron chi connectivity index (χ1n) is 8.56. The lowest BCUT2D eigenvalue weighted by Crippen LogP contribution is -2.28. The van der Waals surface area contributed by atoms with Crippen LogP contribution < -0.4 is 5.32 Å². The smallest absolute Gasteiger partial charge is 0.268 e. The number of halogens is 1. The summed E-state index contributed by atoms with van der Waals surface area (Å²) in [5, 5.41) is 7.41. The van der Waals surface area contributed by atoms with Gasteiger partial charge in [-0.2, -0.15) is 5.10 Å². The molecule has 140 valence electrons. The van der Waals surface area contributed by atoms with E-state index in [-0.39, 0.29) is 5.91 Å². The lowest BCUT2D eigenvalue weighted by molar-refractivity contribution is 0.0941. The molecule has 0 spiro atoms. The molecule has 8 heteroatoms. The predicted octanol–water partition coefficient (Wildman–Crippen LogP) is 3.28. The van der Waals surface area contributed by atoms with E-state index in [9.17, 15) is 4.79 Å². The van der Waals surface area contributed by atoms with Crippen molar-refractivity contribution >= 4 is 32.9 Å². The number of carbonyl (C=O) groups is 1. The minimum atomic E-state index is -0.114. The first-order valence-corrected chi connectivity index (χ1v) is 9.35. The highest BCUT2D eigenvalue weighted by Crippen LogP contribution is 2.27. The standard InChI is InChI=1S/C18H23BrN4O3/c1-12-9-13(2)23(21-12)6-4-5-20-18(24)15-10-16-14(11-17(19)26-16)22(15)7-8-25-3/h9-11H,4-8H2,1-3H3,(H,20,24). The van der Waals surface area contributed by atoms with Crippen molar-refractivity contribution in [2.75, 3.05) is 20.3 Å². The highest BCUT2D eigenvalue weighted by molar-refractivity contribution is 9.10. The van der Waals surface area contributed by atoms with Gasteiger partial charge in [-0.05, 0) is 42.3 Å². The maximum absolute atomic E-state index is 12.6. The second kappa shape index (κ2) is 8.09. The second-order valence-electron chi connectivity index (χ2n) is 6.23. The molecule has 0 aliphatic heterocycles. The monoisotopic (exact) mass is 422 g/mol. The molecule has 0 bridgehead atoms. The molecule has 0 unspecified atom stereocenters. The van der Waals surface area contributed by atoms with E-state index in [1.165, 1.54) is 0 Å². The van der Waals surface area contributed by atoms with Crippen LogP contribution >= 0.6 is 15.9 Å². The first kappa shape index (κ1) is 18.7. The van der Waals surface area contributed by atoms with Crippen molar-refractivity contribution in [2.45, 2.75) is 33.4 Å². The van der Waals surface area contributed by atoms with Crippen LogP contribution in [0.3, 0.4) is 0 Å². The molecule has 0 atom stereocenters. The third-order valence-corrected chi connectivity index (χ3v) is 4.64. The molecule has 3 rings (SSSR count). The number of furan rings is 1. The number of nitrogens with one attached hydrogen (secondary N) is 1. The predicted molar refractivity (Wildman–Crippen MR) is 102 cm³/mol. The Hall–Kier alpha value is -2.06. The zero-order valence-corrected chi connectivity index (χ0v) is 16.8. The van der Waals surface area contributed by atoms with Gasteiger partial charge in [0, 0.05) is 44.6 Å². The number of hydrogen-bond donors (Lipinski definition) is 1. The molecule has 1 amide bonds. The third-order valence-electron chi connectivity index (χ3n) is 4.25. The molecule has 0 aliphatic carbocycles. The summed E-state index contributed by atoms with van der Waals surface area (Å²) >= 11 is 3.33. The zero-order chi connectivity index (χ0) is 18.7. The van der Waals surface area contributed by atoms with E-state index in [1.807, 2.05) is 29.2 Å². The minimum absolute atomic E-state index is 0.114. The molecule has 3 heterocycles. The Bertz CT molecular complexity index is 909. The summed E-state index contributed by atoms with van der Waals surface area (Å²) < 4.78 is 15.3. The van der Waals surface area contributed by atoms with Gasteiger partial charge in [0.1, 0.15) is 5.69 Å². The Balaban J connectivity index is 1.63. The quantitative estimate of drug-likeness (QED) is 0.565. The zero-order valence-electron chi connectivity index (χ0n) is 15.2. The highest BCUT2D eigenvalue weighted by Gasteiger charge is 2.18. The van der Waals surface area contributed by atoms with Crippen molar-refractivity contribution in [2.24, 2.45) is 0 Å². The number of rotatable bonds is 8. The Morgan fingerprint density at radius 2 is 2.12 bits per heavy atom. The van der Waals surface area contributed by atoms with Crippen LogP contribution in [0.25, 0.3) is 11.1 Å². The lowest BCUT2D eigenvalue weighted by Gasteiger charge is -2.10. The van der Waals surface area contributed by atoms with Crippen molar-refractivity contribution < 1.29 is 13.9 Å². The first-order chi connectivity index (χ1) is 12.5. The normalized spacial score (nSPS) is 11.4. The summed E-state index contributed by atoms with van der Waals surface area (Å²) in [6.45, 7) is 6.48. The molecule has 1 N–H and O–H groups in total. The van der Waals surface area contributed by atoms with Crippen LogP contribution in [0, 0.1) is 13.8 Å². The number of fused-ring (bicyclic) bond motifs is 1. The summed E-state index contributed by atoms with van der Waals surface area (Å²) in [6.07, 6.45) is 0.814. The number of aryl methyl sites for hydroxylation is 3. The lowest BCUT2D eigenvalue weighted by atomic mass is 10.3. The number of aromatic nitrogens is 3. The fraction of sp³-hybridized carbons (Fsp3) is 0.444. The Labute approximate surface area is 160 Å². The van der Waals surface area contributed by atoms with Crippen molar-refractivity contribution in [1.82, 2.24) is 19.7 Å². The van der Waals surface area contributed by atoms with Gasteiger partial charge in [0.2, 0.25) is 0 Å². The minimum Gasteiger partial charge on any atom is -0.448 e. The van der Waals surface area contributed by atoms with Gasteiger partial charge in [-0.3, -0.25) is 9.48 Å². The van der Waals surface area contributed by atoms with Crippen molar-refractivity contribution in [3.8, 4) is 0 Å². The summed E-state index contributed by atoms with van der Waals surface area (Å²) in [5.74, 6) is -0.114. The van der Waals surface area contributed by atoms with Gasteiger partial charge < -0.3 is 19.0 Å². The van der Waals surface area contributed by atoms with Crippen LogP contribution in [-0.2, 0) is 17.8 Å². The number of ether oxygens (including phenoxy) is 1. The fourth-order valence-electron chi connectivity index (χ4n) is 3.05. The molecule has 0 fully saturated rings. The van der Waals surface area contributed by atoms with Crippen molar-refractivity contribution in [3.05, 3.63) is 40.0 Å². The van der Waals surface area contributed by atoms with Gasteiger partial charge in [0.25, 0.3) is 5.91 Å². The molecule has 0 saturated carbocycles. The SMILES string of the molecule is COCCn1c(C(=O)NCCCn2nc(C)cc2C)cc2oc(Br)cc21. The molecule has 3 aromatic rings. The fourth-order valence-corrected chi connectivity index (χ4v) is 3.44. The van der Waals surface area contributed by atoms with Crippen LogP contribution in [0.5, 0.6) is 0 Å². The second-order valence-corrected chi connectivity index (χ2v) is 7.02. The number of hydrogen-bond acceptors (Lipinski definition) is 4. The van der Waals surface area contributed by atoms with Crippen LogP contribution in [0.4, 0.5) is 0 Å². The van der Waals surface area contributed by atoms with E-state index >= 15 is 0 Å². The van der Waals surface area contributed by atoms with Gasteiger partial charge in [0.15, 0.2) is 10.3 Å².